The van der Waals surface area contributed by atoms with Crippen LogP contribution >= 0.6 is 0 Å². The zero-order chi connectivity index (χ0) is 16.6. The lowest BCUT2D eigenvalue weighted by molar-refractivity contribution is -0.0235. The molecule has 1 aromatic rings. The highest BCUT2D eigenvalue weighted by molar-refractivity contribution is 5.97. The summed E-state index contributed by atoms with van der Waals surface area (Å²) in [6, 6.07) is 1.79. The molecule has 0 spiro atoms. The number of esters is 1. The molecule has 0 bridgehead atoms. The van der Waals surface area contributed by atoms with E-state index in [0.29, 0.717) is 22.8 Å². The molecule has 3 atom stereocenters. The van der Waals surface area contributed by atoms with Gasteiger partial charge in [-0.15, -0.1) is 0 Å². The number of hydrogen-bond acceptors (Lipinski definition) is 6. The fourth-order valence-corrected chi connectivity index (χ4v) is 3.43. The van der Waals surface area contributed by atoms with Crippen molar-refractivity contribution < 1.29 is 28.5 Å². The second-order valence-corrected chi connectivity index (χ2v) is 5.76. The van der Waals surface area contributed by atoms with Crippen LogP contribution in [-0.4, -0.2) is 39.5 Å². The Morgan fingerprint density at radius 2 is 1.91 bits per heavy atom. The maximum Gasteiger partial charge on any atom is 0.342 e. The van der Waals surface area contributed by atoms with E-state index in [0.717, 1.165) is 24.8 Å². The van der Waals surface area contributed by atoms with Gasteiger partial charge < -0.3 is 23.7 Å². The van der Waals surface area contributed by atoms with Gasteiger partial charge in [-0.1, -0.05) is 13.3 Å². The first kappa shape index (κ1) is 15.9. The molecule has 0 aliphatic carbocycles. The second-order valence-electron chi connectivity index (χ2n) is 5.76. The maximum atomic E-state index is 12.5. The number of hydrogen-bond donors (Lipinski definition) is 0. The average molecular weight is 322 g/mol. The van der Waals surface area contributed by atoms with Crippen LogP contribution in [-0.2, 0) is 9.47 Å². The summed E-state index contributed by atoms with van der Waals surface area (Å²) in [6.45, 7) is 2.11. The van der Waals surface area contributed by atoms with Gasteiger partial charge in [0.25, 0.3) is 0 Å². The van der Waals surface area contributed by atoms with Crippen LogP contribution in [0.4, 0.5) is 0 Å². The largest absolute Gasteiger partial charge is 0.493 e. The monoisotopic (exact) mass is 322 g/mol. The summed E-state index contributed by atoms with van der Waals surface area (Å²) in [5.41, 5.74) is 1.11. The normalized spacial score (nSPS) is 25.4. The molecule has 6 heteroatoms. The van der Waals surface area contributed by atoms with Gasteiger partial charge in [-0.3, -0.25) is 0 Å². The van der Waals surface area contributed by atoms with Crippen molar-refractivity contribution in [3.05, 3.63) is 17.2 Å². The molecule has 1 fully saturated rings. The van der Waals surface area contributed by atoms with Crippen LogP contribution in [0.15, 0.2) is 6.07 Å². The first-order valence-corrected chi connectivity index (χ1v) is 7.83. The number of rotatable bonds is 5. The van der Waals surface area contributed by atoms with Crippen LogP contribution in [0.2, 0.25) is 0 Å². The summed E-state index contributed by atoms with van der Waals surface area (Å²) in [6.07, 6.45) is 2.26. The van der Waals surface area contributed by atoms with E-state index in [1.54, 1.807) is 13.2 Å². The third-order valence-electron chi connectivity index (χ3n) is 4.41. The van der Waals surface area contributed by atoms with Crippen molar-refractivity contribution in [2.24, 2.45) is 0 Å². The summed E-state index contributed by atoms with van der Waals surface area (Å²) in [5.74, 6) is 0.819. The predicted molar refractivity (Wildman–Crippen MR) is 82.4 cm³/mol. The van der Waals surface area contributed by atoms with Crippen molar-refractivity contribution in [2.45, 2.75) is 44.5 Å². The first-order valence-electron chi connectivity index (χ1n) is 7.83. The summed E-state index contributed by atoms with van der Waals surface area (Å²) < 4.78 is 27.9. The maximum absolute atomic E-state index is 12.5. The van der Waals surface area contributed by atoms with Crippen molar-refractivity contribution in [3.63, 3.8) is 0 Å². The van der Waals surface area contributed by atoms with E-state index in [-0.39, 0.29) is 18.3 Å². The summed E-state index contributed by atoms with van der Waals surface area (Å²) >= 11 is 0. The number of carbonyl (C=O) groups is 1. The zero-order valence-electron chi connectivity index (χ0n) is 13.9. The number of carbonyl (C=O) groups excluding carboxylic acids is 1. The number of fused-ring (bicyclic) bond motifs is 3. The van der Waals surface area contributed by atoms with Crippen LogP contribution < -0.4 is 14.2 Å². The first-order chi connectivity index (χ1) is 11.1. The van der Waals surface area contributed by atoms with Gasteiger partial charge in [0, 0.05) is 12.0 Å². The molecule has 6 nitrogen and oxygen atoms in total. The quantitative estimate of drug-likeness (QED) is 0.777. The Bertz CT molecular complexity index is 612. The van der Waals surface area contributed by atoms with E-state index >= 15 is 0 Å². The molecule has 126 valence electrons. The lowest BCUT2D eigenvalue weighted by atomic mass is 9.93. The molecule has 0 aromatic heterocycles. The molecule has 0 radical (unpaired) electrons. The molecule has 2 aliphatic rings. The Hall–Kier alpha value is -1.95. The van der Waals surface area contributed by atoms with Crippen LogP contribution in [0, 0.1) is 0 Å². The molecule has 0 saturated carbocycles. The van der Waals surface area contributed by atoms with Gasteiger partial charge >= 0.3 is 5.97 Å². The van der Waals surface area contributed by atoms with Gasteiger partial charge in [0.15, 0.2) is 11.5 Å². The minimum atomic E-state index is -0.403. The predicted octanol–water partition coefficient (Wildman–Crippen LogP) is 2.88. The third kappa shape index (κ3) is 2.51. The lowest BCUT2D eigenvalue weighted by Crippen LogP contribution is -2.29. The van der Waals surface area contributed by atoms with E-state index in [1.807, 2.05) is 0 Å². The number of benzene rings is 1. The molecular formula is C17H22O6. The van der Waals surface area contributed by atoms with Crippen LogP contribution in [0.5, 0.6) is 17.2 Å². The van der Waals surface area contributed by atoms with E-state index in [9.17, 15) is 4.79 Å². The highest BCUT2D eigenvalue weighted by Gasteiger charge is 2.46. The van der Waals surface area contributed by atoms with Gasteiger partial charge in [0.05, 0.1) is 27.4 Å². The van der Waals surface area contributed by atoms with Gasteiger partial charge in [-0.05, 0) is 12.5 Å². The molecule has 1 saturated heterocycles. The fourth-order valence-electron chi connectivity index (χ4n) is 3.43. The van der Waals surface area contributed by atoms with Crippen molar-refractivity contribution in [1.82, 2.24) is 0 Å². The number of methoxy groups -OCH3 is 3. The van der Waals surface area contributed by atoms with E-state index in [2.05, 4.69) is 6.92 Å². The zero-order valence-corrected chi connectivity index (χ0v) is 13.9. The Kier molecular flexibility index (Phi) is 4.35. The minimum Gasteiger partial charge on any atom is -0.493 e. The summed E-state index contributed by atoms with van der Waals surface area (Å²) in [5, 5.41) is 0. The van der Waals surface area contributed by atoms with Crippen molar-refractivity contribution >= 4 is 5.97 Å². The molecule has 1 aromatic carbocycles. The van der Waals surface area contributed by atoms with Gasteiger partial charge in [-0.2, -0.15) is 0 Å². The smallest absolute Gasteiger partial charge is 0.342 e. The highest BCUT2D eigenvalue weighted by Crippen LogP contribution is 2.50. The van der Waals surface area contributed by atoms with E-state index < -0.39 is 5.97 Å². The average Bonchev–Trinajstić information content (AvgIpc) is 2.95. The summed E-state index contributed by atoms with van der Waals surface area (Å²) in [4.78, 5) is 12.5. The minimum absolute atomic E-state index is 0.104. The molecule has 0 amide bonds. The molecule has 3 rings (SSSR count). The van der Waals surface area contributed by atoms with Crippen LogP contribution in [0.25, 0.3) is 0 Å². The van der Waals surface area contributed by atoms with Gasteiger partial charge in [-0.25, -0.2) is 4.79 Å². The van der Waals surface area contributed by atoms with Crippen LogP contribution in [0.1, 0.15) is 48.2 Å². The standard InChI is InChI=1S/C17H22O6/c1-5-6-9-7-12-14(22-9)10-8-11(19-2)15(20-3)16(21-4)13(10)17(18)23-12/h8-9,12,14H,5-7H2,1-4H3/t9-,12+,14+/m0/s1. The van der Waals surface area contributed by atoms with E-state index in [4.69, 9.17) is 23.7 Å². The molecule has 0 unspecified atom stereocenters. The van der Waals surface area contributed by atoms with Gasteiger partial charge in [0.1, 0.15) is 17.8 Å². The Balaban J connectivity index is 2.10. The van der Waals surface area contributed by atoms with E-state index in [1.165, 1.54) is 14.2 Å². The third-order valence-corrected chi connectivity index (χ3v) is 4.41. The molecule has 2 heterocycles. The molecular weight excluding hydrogens is 300 g/mol. The molecule has 23 heavy (non-hydrogen) atoms. The second kappa shape index (κ2) is 6.28. The Labute approximate surface area is 135 Å². The Morgan fingerprint density at radius 1 is 1.17 bits per heavy atom. The molecule has 2 aliphatic heterocycles. The van der Waals surface area contributed by atoms with Crippen molar-refractivity contribution in [1.29, 1.82) is 0 Å². The topological polar surface area (TPSA) is 63.2 Å². The lowest BCUT2D eigenvalue weighted by Gasteiger charge is -2.29. The van der Waals surface area contributed by atoms with Gasteiger partial charge in [0.2, 0.25) is 5.75 Å². The highest BCUT2D eigenvalue weighted by atomic mass is 16.6. The summed E-state index contributed by atoms with van der Waals surface area (Å²) in [7, 11) is 4.55. The van der Waals surface area contributed by atoms with Crippen molar-refractivity contribution in [3.8, 4) is 17.2 Å². The fraction of sp³-hybridized carbons (Fsp3) is 0.588. The Morgan fingerprint density at radius 3 is 2.52 bits per heavy atom. The SMILES string of the molecule is CCC[C@H]1C[C@H]2OC(=O)c3c(cc(OC)c(OC)c3OC)[C@H]2O1. The number of ether oxygens (including phenoxy) is 5. The van der Waals surface area contributed by atoms with Crippen molar-refractivity contribution in [2.75, 3.05) is 21.3 Å². The van der Waals surface area contributed by atoms with Crippen LogP contribution in [0.3, 0.4) is 0 Å². The molecule has 0 N–H and O–H groups in total.